The minimum Gasteiger partial charge on any atom is -0.393 e. The minimum atomic E-state index is 0.121. The molecule has 0 heterocycles. The quantitative estimate of drug-likeness (QED) is 0.615. The van der Waals surface area contributed by atoms with Gasteiger partial charge in [0.1, 0.15) is 0 Å². The van der Waals surface area contributed by atoms with Gasteiger partial charge in [0.25, 0.3) is 0 Å². The second kappa shape index (κ2) is 6.02. The van der Waals surface area contributed by atoms with Crippen LogP contribution in [0.2, 0.25) is 0 Å². The highest BCUT2D eigenvalue weighted by atomic mass is 32.1. The summed E-state index contributed by atoms with van der Waals surface area (Å²) in [5.74, 6) is 0.121. The summed E-state index contributed by atoms with van der Waals surface area (Å²) in [5, 5.41) is 2.95. The SMILES string of the molecule is CN(CCCC(N)=S)CC(=O)NC1CC1. The van der Waals surface area contributed by atoms with Gasteiger partial charge in [0.15, 0.2) is 0 Å². The second-order valence-corrected chi connectivity index (χ2v) is 4.67. The molecular weight excluding hydrogens is 210 g/mol. The van der Waals surface area contributed by atoms with Gasteiger partial charge < -0.3 is 11.1 Å². The van der Waals surface area contributed by atoms with Gasteiger partial charge in [-0.25, -0.2) is 0 Å². The fourth-order valence-corrected chi connectivity index (χ4v) is 1.49. The number of nitrogens with two attached hydrogens (primary N) is 1. The highest BCUT2D eigenvalue weighted by Crippen LogP contribution is 2.18. The third kappa shape index (κ3) is 6.41. The predicted molar refractivity (Wildman–Crippen MR) is 64.7 cm³/mol. The average molecular weight is 229 g/mol. The first-order valence-electron chi connectivity index (χ1n) is 5.34. The molecule has 0 bridgehead atoms. The van der Waals surface area contributed by atoms with Crippen LogP contribution in [0.4, 0.5) is 0 Å². The molecule has 0 aromatic rings. The Bertz CT molecular complexity index is 241. The molecule has 15 heavy (non-hydrogen) atoms. The van der Waals surface area contributed by atoms with Crippen LogP contribution in [0, 0.1) is 0 Å². The summed E-state index contributed by atoms with van der Waals surface area (Å²) < 4.78 is 0. The zero-order chi connectivity index (χ0) is 11.3. The molecule has 86 valence electrons. The Morgan fingerprint density at radius 2 is 2.27 bits per heavy atom. The van der Waals surface area contributed by atoms with Gasteiger partial charge >= 0.3 is 0 Å². The fourth-order valence-electron chi connectivity index (χ4n) is 1.35. The molecule has 3 N–H and O–H groups in total. The van der Waals surface area contributed by atoms with Crippen LogP contribution >= 0.6 is 12.2 Å². The Morgan fingerprint density at radius 3 is 2.80 bits per heavy atom. The van der Waals surface area contributed by atoms with Crippen LogP contribution in [-0.2, 0) is 4.79 Å². The number of carbonyl (C=O) groups is 1. The van der Waals surface area contributed by atoms with E-state index in [2.05, 4.69) is 5.32 Å². The van der Waals surface area contributed by atoms with Gasteiger partial charge in [0.2, 0.25) is 5.91 Å². The van der Waals surface area contributed by atoms with Gasteiger partial charge in [0, 0.05) is 6.04 Å². The Kier molecular flexibility index (Phi) is 4.98. The minimum absolute atomic E-state index is 0.121. The molecule has 0 aromatic heterocycles. The Labute approximate surface area is 96.2 Å². The normalized spacial score (nSPS) is 15.3. The van der Waals surface area contributed by atoms with Crippen molar-refractivity contribution in [2.45, 2.75) is 31.7 Å². The van der Waals surface area contributed by atoms with Crippen molar-refractivity contribution in [3.8, 4) is 0 Å². The molecule has 0 aliphatic heterocycles. The van der Waals surface area contributed by atoms with Gasteiger partial charge in [-0.15, -0.1) is 0 Å². The lowest BCUT2D eigenvalue weighted by atomic mass is 10.3. The predicted octanol–water partition coefficient (Wildman–Crippen LogP) is 0.263. The van der Waals surface area contributed by atoms with E-state index in [0.29, 0.717) is 17.6 Å². The molecule has 1 rings (SSSR count). The molecule has 1 amide bonds. The van der Waals surface area contributed by atoms with Crippen LogP contribution in [0.15, 0.2) is 0 Å². The van der Waals surface area contributed by atoms with Crippen molar-refractivity contribution in [3.63, 3.8) is 0 Å². The van der Waals surface area contributed by atoms with E-state index >= 15 is 0 Å². The smallest absolute Gasteiger partial charge is 0.234 e. The zero-order valence-corrected chi connectivity index (χ0v) is 9.98. The van der Waals surface area contributed by atoms with Crippen molar-refractivity contribution in [1.29, 1.82) is 0 Å². The van der Waals surface area contributed by atoms with E-state index in [4.69, 9.17) is 18.0 Å². The zero-order valence-electron chi connectivity index (χ0n) is 9.16. The number of likely N-dealkylation sites (N-methyl/N-ethyl adjacent to an activating group) is 1. The molecule has 0 unspecified atom stereocenters. The Morgan fingerprint density at radius 1 is 1.60 bits per heavy atom. The van der Waals surface area contributed by atoms with Gasteiger partial charge in [-0.1, -0.05) is 12.2 Å². The van der Waals surface area contributed by atoms with Crippen molar-refractivity contribution in [1.82, 2.24) is 10.2 Å². The van der Waals surface area contributed by atoms with Crippen LogP contribution in [0.1, 0.15) is 25.7 Å². The number of hydrogen-bond donors (Lipinski definition) is 2. The van der Waals surface area contributed by atoms with Crippen molar-refractivity contribution < 1.29 is 4.79 Å². The van der Waals surface area contributed by atoms with E-state index in [-0.39, 0.29) is 5.91 Å². The van der Waals surface area contributed by atoms with Crippen molar-refractivity contribution in [2.75, 3.05) is 20.1 Å². The number of nitrogens with zero attached hydrogens (tertiary/aromatic N) is 1. The lowest BCUT2D eigenvalue weighted by Crippen LogP contribution is -2.36. The first kappa shape index (κ1) is 12.4. The molecule has 0 radical (unpaired) electrons. The number of nitrogens with one attached hydrogen (secondary N) is 1. The molecule has 0 atom stereocenters. The molecular formula is C10H19N3OS. The average Bonchev–Trinajstić information content (AvgIpc) is 2.86. The number of amides is 1. The summed E-state index contributed by atoms with van der Waals surface area (Å²) in [6.45, 7) is 1.32. The molecule has 1 saturated carbocycles. The number of thiocarbonyl (C=S) groups is 1. The molecule has 0 spiro atoms. The standard InChI is InChI=1S/C10H19N3OS/c1-13(6-2-3-9(11)15)7-10(14)12-8-4-5-8/h8H,2-7H2,1H3,(H2,11,15)(H,12,14). The van der Waals surface area contributed by atoms with Gasteiger partial charge in [-0.05, 0) is 39.3 Å². The molecule has 1 fully saturated rings. The lowest BCUT2D eigenvalue weighted by molar-refractivity contribution is -0.122. The van der Waals surface area contributed by atoms with E-state index in [0.717, 1.165) is 32.2 Å². The first-order valence-corrected chi connectivity index (χ1v) is 5.75. The van der Waals surface area contributed by atoms with Crippen LogP contribution in [-0.4, -0.2) is 42.0 Å². The van der Waals surface area contributed by atoms with E-state index in [1.54, 1.807) is 0 Å². The third-order valence-electron chi connectivity index (χ3n) is 2.32. The van der Waals surface area contributed by atoms with Crippen molar-refractivity contribution in [3.05, 3.63) is 0 Å². The van der Waals surface area contributed by atoms with E-state index in [1.165, 1.54) is 0 Å². The molecule has 0 saturated heterocycles. The monoisotopic (exact) mass is 229 g/mol. The molecule has 4 nitrogen and oxygen atoms in total. The highest BCUT2D eigenvalue weighted by molar-refractivity contribution is 7.80. The van der Waals surface area contributed by atoms with Crippen LogP contribution in [0.3, 0.4) is 0 Å². The van der Waals surface area contributed by atoms with E-state index in [1.807, 2.05) is 11.9 Å². The Hall–Kier alpha value is -0.680. The second-order valence-electron chi connectivity index (χ2n) is 4.15. The maximum Gasteiger partial charge on any atom is 0.234 e. The van der Waals surface area contributed by atoms with Crippen LogP contribution < -0.4 is 11.1 Å². The van der Waals surface area contributed by atoms with Crippen LogP contribution in [0.5, 0.6) is 0 Å². The van der Waals surface area contributed by atoms with Gasteiger partial charge in [0.05, 0.1) is 11.5 Å². The van der Waals surface area contributed by atoms with Gasteiger partial charge in [-0.2, -0.15) is 0 Å². The molecule has 0 aromatic carbocycles. The maximum atomic E-state index is 11.4. The summed E-state index contributed by atoms with van der Waals surface area (Å²) >= 11 is 4.78. The van der Waals surface area contributed by atoms with Crippen molar-refractivity contribution in [2.24, 2.45) is 5.73 Å². The molecule has 1 aliphatic rings. The summed E-state index contributed by atoms with van der Waals surface area (Å²) in [5.41, 5.74) is 5.39. The third-order valence-corrected chi connectivity index (χ3v) is 2.52. The number of carbonyl (C=O) groups excluding carboxylic acids is 1. The molecule has 1 aliphatic carbocycles. The van der Waals surface area contributed by atoms with E-state index < -0.39 is 0 Å². The summed E-state index contributed by atoms with van der Waals surface area (Å²) in [6.07, 6.45) is 3.94. The summed E-state index contributed by atoms with van der Waals surface area (Å²) in [7, 11) is 1.94. The summed E-state index contributed by atoms with van der Waals surface area (Å²) in [4.78, 5) is 13.9. The molecule has 5 heteroatoms. The number of hydrogen-bond acceptors (Lipinski definition) is 3. The first-order chi connectivity index (χ1) is 7.08. The topological polar surface area (TPSA) is 58.4 Å². The van der Waals surface area contributed by atoms with E-state index in [9.17, 15) is 4.79 Å². The van der Waals surface area contributed by atoms with Crippen molar-refractivity contribution >= 4 is 23.1 Å². The van der Waals surface area contributed by atoms with Crippen LogP contribution in [0.25, 0.3) is 0 Å². The summed E-state index contributed by atoms with van der Waals surface area (Å²) in [6, 6.07) is 0.447. The highest BCUT2D eigenvalue weighted by Gasteiger charge is 2.23. The maximum absolute atomic E-state index is 11.4. The number of rotatable bonds is 7. The largest absolute Gasteiger partial charge is 0.393 e. The fraction of sp³-hybridized carbons (Fsp3) is 0.800. The Balaban J connectivity index is 2.03. The van der Waals surface area contributed by atoms with Gasteiger partial charge in [-0.3, -0.25) is 9.69 Å². The lowest BCUT2D eigenvalue weighted by Gasteiger charge is -2.15.